The molecule has 1 atom stereocenters. The van der Waals surface area contributed by atoms with Gasteiger partial charge in [-0.05, 0) is 54.5 Å². The minimum absolute atomic E-state index is 0.147. The van der Waals surface area contributed by atoms with Crippen LogP contribution in [0.15, 0.2) is 42.5 Å². The van der Waals surface area contributed by atoms with E-state index in [0.29, 0.717) is 25.4 Å². The average molecular weight is 409 g/mol. The molecule has 30 heavy (non-hydrogen) atoms. The number of nitrogens with one attached hydrogen (secondary N) is 1. The smallest absolute Gasteiger partial charge is 0.261 e. The fraction of sp³-hybridized carbons (Fsp3) is 0.440. The maximum absolute atomic E-state index is 12.6. The van der Waals surface area contributed by atoms with Gasteiger partial charge < -0.3 is 15.0 Å². The van der Waals surface area contributed by atoms with E-state index in [1.165, 1.54) is 0 Å². The highest BCUT2D eigenvalue weighted by molar-refractivity contribution is 5.80. The number of carbonyl (C=O) groups excluding carboxylic acids is 2. The van der Waals surface area contributed by atoms with Crippen molar-refractivity contribution >= 4 is 11.8 Å². The fourth-order valence-electron chi connectivity index (χ4n) is 3.73. The van der Waals surface area contributed by atoms with Gasteiger partial charge in [0.15, 0.2) is 6.10 Å². The summed E-state index contributed by atoms with van der Waals surface area (Å²) in [4.78, 5) is 26.3. The summed E-state index contributed by atoms with van der Waals surface area (Å²) in [6, 6.07) is 14.1. The van der Waals surface area contributed by atoms with Crippen molar-refractivity contribution < 1.29 is 14.3 Å². The summed E-state index contributed by atoms with van der Waals surface area (Å²) in [6.07, 6.45) is 0.994. The van der Waals surface area contributed by atoms with Crippen LogP contribution in [-0.2, 0) is 22.7 Å². The van der Waals surface area contributed by atoms with Crippen LogP contribution in [-0.4, -0.2) is 29.4 Å². The van der Waals surface area contributed by atoms with E-state index in [9.17, 15) is 9.59 Å². The highest BCUT2D eigenvalue weighted by Gasteiger charge is 2.20. The molecule has 1 fully saturated rings. The Kier molecular flexibility index (Phi) is 7.14. The van der Waals surface area contributed by atoms with Gasteiger partial charge in [0.2, 0.25) is 5.91 Å². The largest absolute Gasteiger partial charge is 0.481 e. The quantitative estimate of drug-likeness (QED) is 0.707. The number of aryl methyl sites for hydroxylation is 1. The normalized spacial score (nSPS) is 14.8. The van der Waals surface area contributed by atoms with Gasteiger partial charge in [0.1, 0.15) is 5.75 Å². The first-order valence-corrected chi connectivity index (χ1v) is 10.7. The van der Waals surface area contributed by atoms with Crippen molar-refractivity contribution in [3.63, 3.8) is 0 Å². The van der Waals surface area contributed by atoms with Gasteiger partial charge in [-0.15, -0.1) is 0 Å². The third-order valence-electron chi connectivity index (χ3n) is 5.47. The first kappa shape index (κ1) is 21.9. The molecule has 1 aliphatic rings. The molecule has 1 N–H and O–H groups in total. The lowest BCUT2D eigenvalue weighted by Crippen LogP contribution is -2.36. The van der Waals surface area contributed by atoms with Crippen molar-refractivity contribution in [3.8, 4) is 5.75 Å². The molecule has 160 valence electrons. The zero-order chi connectivity index (χ0) is 21.7. The predicted octanol–water partition coefficient (Wildman–Crippen LogP) is 4.32. The topological polar surface area (TPSA) is 58.6 Å². The van der Waals surface area contributed by atoms with Crippen LogP contribution in [0, 0.1) is 6.92 Å². The number of hydrogen-bond donors (Lipinski definition) is 1. The lowest BCUT2D eigenvalue weighted by atomic mass is 10.0. The zero-order valence-electron chi connectivity index (χ0n) is 18.4. The second-order valence-corrected chi connectivity index (χ2v) is 8.41. The van der Waals surface area contributed by atoms with Crippen LogP contribution in [0.4, 0.5) is 0 Å². The maximum Gasteiger partial charge on any atom is 0.261 e. The lowest BCUT2D eigenvalue weighted by molar-refractivity contribution is -0.128. The van der Waals surface area contributed by atoms with Crippen molar-refractivity contribution in [1.82, 2.24) is 10.2 Å². The molecule has 0 aromatic heterocycles. The molecule has 1 heterocycles. The summed E-state index contributed by atoms with van der Waals surface area (Å²) >= 11 is 0. The monoisotopic (exact) mass is 408 g/mol. The van der Waals surface area contributed by atoms with Gasteiger partial charge in [-0.25, -0.2) is 0 Å². The number of amides is 2. The van der Waals surface area contributed by atoms with Crippen molar-refractivity contribution in [3.05, 3.63) is 64.7 Å². The molecule has 2 aromatic rings. The summed E-state index contributed by atoms with van der Waals surface area (Å²) in [5.74, 6) is 1.16. The Morgan fingerprint density at radius 2 is 1.90 bits per heavy atom. The fourth-order valence-corrected chi connectivity index (χ4v) is 3.73. The van der Waals surface area contributed by atoms with E-state index in [1.807, 2.05) is 36.1 Å². The van der Waals surface area contributed by atoms with Gasteiger partial charge in [-0.2, -0.15) is 0 Å². The van der Waals surface area contributed by atoms with E-state index in [4.69, 9.17) is 4.74 Å². The minimum atomic E-state index is -0.588. The maximum atomic E-state index is 12.6. The molecule has 3 rings (SSSR count). The number of rotatable bonds is 8. The van der Waals surface area contributed by atoms with Crippen molar-refractivity contribution in [2.45, 2.75) is 65.6 Å². The number of hydrogen-bond acceptors (Lipinski definition) is 3. The summed E-state index contributed by atoms with van der Waals surface area (Å²) in [5, 5.41) is 2.97. The van der Waals surface area contributed by atoms with Gasteiger partial charge in [0, 0.05) is 26.1 Å². The Hall–Kier alpha value is -2.82. The Morgan fingerprint density at radius 1 is 1.13 bits per heavy atom. The third-order valence-corrected chi connectivity index (χ3v) is 5.47. The van der Waals surface area contributed by atoms with Gasteiger partial charge in [0.05, 0.1) is 0 Å². The van der Waals surface area contributed by atoms with Gasteiger partial charge in [-0.1, -0.05) is 50.2 Å². The van der Waals surface area contributed by atoms with Crippen LogP contribution in [0.1, 0.15) is 61.8 Å². The van der Waals surface area contributed by atoms with Gasteiger partial charge in [-0.3, -0.25) is 9.59 Å². The molecule has 2 amide bonds. The van der Waals surface area contributed by atoms with Gasteiger partial charge >= 0.3 is 0 Å². The Bertz CT molecular complexity index is 907. The van der Waals surface area contributed by atoms with E-state index in [0.717, 1.165) is 41.0 Å². The second-order valence-electron chi connectivity index (χ2n) is 8.41. The Balaban J connectivity index is 1.57. The number of likely N-dealkylation sites (tertiary alicyclic amines) is 1. The third kappa shape index (κ3) is 5.62. The molecule has 1 saturated heterocycles. The van der Waals surface area contributed by atoms with Gasteiger partial charge in [0.25, 0.3) is 5.91 Å². The summed E-state index contributed by atoms with van der Waals surface area (Å²) < 4.78 is 6.01. The SMILES string of the molecule is Cc1ccc(C(C)C)c(OC(C)C(=O)NCc2cccc(CN3CCCC3=O)c2)c1. The number of carbonyl (C=O) groups is 2. The van der Waals surface area contributed by atoms with Crippen LogP contribution in [0.5, 0.6) is 5.75 Å². The van der Waals surface area contributed by atoms with E-state index in [1.54, 1.807) is 6.92 Å². The van der Waals surface area contributed by atoms with Crippen LogP contribution in [0.3, 0.4) is 0 Å². The summed E-state index contributed by atoms with van der Waals surface area (Å²) in [5.41, 5.74) is 4.31. The molecule has 5 heteroatoms. The molecule has 0 aliphatic carbocycles. The number of ether oxygens (including phenoxy) is 1. The average Bonchev–Trinajstić information content (AvgIpc) is 3.10. The highest BCUT2D eigenvalue weighted by Crippen LogP contribution is 2.28. The molecule has 0 radical (unpaired) electrons. The molecular formula is C25H32N2O3. The predicted molar refractivity (Wildman–Crippen MR) is 118 cm³/mol. The summed E-state index contributed by atoms with van der Waals surface area (Å²) in [6.45, 7) is 9.91. The highest BCUT2D eigenvalue weighted by atomic mass is 16.5. The minimum Gasteiger partial charge on any atom is -0.481 e. The molecule has 1 unspecified atom stereocenters. The molecule has 0 saturated carbocycles. The summed E-state index contributed by atoms with van der Waals surface area (Å²) in [7, 11) is 0. The molecule has 0 spiro atoms. The standard InChI is InChI=1S/C25H32N2O3/c1-17(2)22-11-10-18(3)13-23(22)30-19(4)25(29)26-15-20-7-5-8-21(14-20)16-27-12-6-9-24(27)28/h5,7-8,10-11,13-14,17,19H,6,9,12,15-16H2,1-4H3,(H,26,29). The Morgan fingerprint density at radius 3 is 2.60 bits per heavy atom. The van der Waals surface area contributed by atoms with E-state index in [-0.39, 0.29) is 11.8 Å². The van der Waals surface area contributed by atoms with E-state index >= 15 is 0 Å². The molecule has 0 bridgehead atoms. The molecular weight excluding hydrogens is 376 g/mol. The molecule has 1 aliphatic heterocycles. The second kappa shape index (κ2) is 9.79. The first-order valence-electron chi connectivity index (χ1n) is 10.7. The van der Waals surface area contributed by atoms with Crippen molar-refractivity contribution in [2.75, 3.05) is 6.54 Å². The lowest BCUT2D eigenvalue weighted by Gasteiger charge is -2.19. The van der Waals surface area contributed by atoms with E-state index < -0.39 is 6.10 Å². The zero-order valence-corrected chi connectivity index (χ0v) is 18.4. The molecule has 5 nitrogen and oxygen atoms in total. The van der Waals surface area contributed by atoms with Crippen LogP contribution in [0.2, 0.25) is 0 Å². The van der Waals surface area contributed by atoms with Crippen LogP contribution >= 0.6 is 0 Å². The van der Waals surface area contributed by atoms with Crippen LogP contribution < -0.4 is 10.1 Å². The molecule has 2 aromatic carbocycles. The van der Waals surface area contributed by atoms with Crippen molar-refractivity contribution in [2.24, 2.45) is 0 Å². The number of nitrogens with zero attached hydrogens (tertiary/aromatic N) is 1. The van der Waals surface area contributed by atoms with E-state index in [2.05, 4.69) is 37.4 Å². The van der Waals surface area contributed by atoms with Crippen LogP contribution in [0.25, 0.3) is 0 Å². The number of benzene rings is 2. The van der Waals surface area contributed by atoms with Crippen molar-refractivity contribution in [1.29, 1.82) is 0 Å². The first-order chi connectivity index (χ1) is 14.3. The Labute approximate surface area is 179 Å².